The predicted octanol–water partition coefficient (Wildman–Crippen LogP) is 2.42. The number of methoxy groups -OCH3 is 1. The highest BCUT2D eigenvalue weighted by molar-refractivity contribution is 7.90. The van der Waals surface area contributed by atoms with E-state index in [2.05, 4.69) is 9.71 Å². The average molecular weight is 348 g/mol. The monoisotopic (exact) mass is 348 g/mol. The normalized spacial score (nSPS) is 11.3. The highest BCUT2D eigenvalue weighted by atomic mass is 32.2. The number of benzene rings is 1. The Bertz CT molecular complexity index is 975. The van der Waals surface area contributed by atoms with Crippen LogP contribution in [0.3, 0.4) is 0 Å². The van der Waals surface area contributed by atoms with E-state index < -0.39 is 15.9 Å². The molecule has 3 rings (SSSR count). The van der Waals surface area contributed by atoms with Gasteiger partial charge >= 0.3 is 0 Å². The molecular formula is C15H12N2O4S2. The fourth-order valence-corrected chi connectivity index (χ4v) is 4.18. The van der Waals surface area contributed by atoms with E-state index in [4.69, 9.17) is 4.74 Å². The lowest BCUT2D eigenvalue weighted by Crippen LogP contribution is -2.30. The molecule has 0 saturated carbocycles. The molecule has 0 saturated heterocycles. The summed E-state index contributed by atoms with van der Waals surface area (Å²) in [5.74, 6) is -0.382. The van der Waals surface area contributed by atoms with Gasteiger partial charge in [0.1, 0.15) is 10.6 Å². The quantitative estimate of drug-likeness (QED) is 0.783. The van der Waals surface area contributed by atoms with Crippen LogP contribution < -0.4 is 9.46 Å². The minimum absolute atomic E-state index is 0.0290. The number of pyridine rings is 1. The lowest BCUT2D eigenvalue weighted by Gasteiger charge is -2.09. The number of ether oxygens (including phenoxy) is 1. The molecule has 6 nitrogen and oxygen atoms in total. The first kappa shape index (κ1) is 15.4. The third-order valence-electron chi connectivity index (χ3n) is 3.21. The Hall–Kier alpha value is -2.45. The Morgan fingerprint density at radius 1 is 1.26 bits per heavy atom. The lowest BCUT2D eigenvalue weighted by molar-refractivity contribution is 0.0983. The summed E-state index contributed by atoms with van der Waals surface area (Å²) in [6.07, 6.45) is 3.07. The summed E-state index contributed by atoms with van der Waals surface area (Å²) in [6.45, 7) is 0. The number of fused-ring (bicyclic) bond motifs is 1. The highest BCUT2D eigenvalue weighted by Crippen LogP contribution is 2.26. The van der Waals surface area contributed by atoms with Gasteiger partial charge < -0.3 is 4.74 Å². The van der Waals surface area contributed by atoms with E-state index in [1.54, 1.807) is 35.8 Å². The fraction of sp³-hybridized carbons (Fsp3) is 0.0667. The average Bonchev–Trinajstić information content (AvgIpc) is 3.02. The molecule has 0 unspecified atom stereocenters. The van der Waals surface area contributed by atoms with Crippen molar-refractivity contribution in [1.29, 1.82) is 0 Å². The standard InChI is InChI=1S/C15H12N2O4S2/c1-21-12-6-8-22-14(12)15(18)17-23(19,20)13-4-2-3-10-9-16-7-5-11(10)13/h2-9H,1H3,(H,17,18). The van der Waals surface area contributed by atoms with Crippen molar-refractivity contribution < 1.29 is 17.9 Å². The molecule has 23 heavy (non-hydrogen) atoms. The topological polar surface area (TPSA) is 85.4 Å². The van der Waals surface area contributed by atoms with Crippen molar-refractivity contribution in [3.63, 3.8) is 0 Å². The third-order valence-corrected chi connectivity index (χ3v) is 5.50. The van der Waals surface area contributed by atoms with E-state index in [0.717, 1.165) is 11.3 Å². The summed E-state index contributed by atoms with van der Waals surface area (Å²) in [5.41, 5.74) is 0. The number of nitrogens with one attached hydrogen (secondary N) is 1. The first-order valence-corrected chi connectivity index (χ1v) is 8.90. The Balaban J connectivity index is 2.00. The summed E-state index contributed by atoms with van der Waals surface area (Å²) >= 11 is 1.11. The summed E-state index contributed by atoms with van der Waals surface area (Å²) < 4.78 is 32.3. The summed E-state index contributed by atoms with van der Waals surface area (Å²) in [5, 5.41) is 2.83. The van der Waals surface area contributed by atoms with Crippen molar-refractivity contribution >= 4 is 38.0 Å². The van der Waals surface area contributed by atoms with Crippen LogP contribution in [0.5, 0.6) is 5.75 Å². The largest absolute Gasteiger partial charge is 0.495 e. The van der Waals surface area contributed by atoms with Gasteiger partial charge in [-0.15, -0.1) is 11.3 Å². The molecule has 0 aliphatic heterocycles. The molecule has 0 fully saturated rings. The van der Waals surface area contributed by atoms with Gasteiger partial charge in [-0.2, -0.15) is 0 Å². The third kappa shape index (κ3) is 2.90. The SMILES string of the molecule is COc1ccsc1C(=O)NS(=O)(=O)c1cccc2cnccc12. The zero-order chi connectivity index (χ0) is 16.4. The van der Waals surface area contributed by atoms with Gasteiger partial charge in [0.2, 0.25) is 0 Å². The van der Waals surface area contributed by atoms with Crippen LogP contribution in [0.1, 0.15) is 9.67 Å². The first-order valence-electron chi connectivity index (χ1n) is 6.54. The van der Waals surface area contributed by atoms with Crippen LogP contribution in [0.2, 0.25) is 0 Å². The number of carbonyl (C=O) groups excluding carboxylic acids is 1. The summed E-state index contributed by atoms with van der Waals surface area (Å²) in [7, 11) is -2.59. The lowest BCUT2D eigenvalue weighted by atomic mass is 10.2. The zero-order valence-corrected chi connectivity index (χ0v) is 13.6. The van der Waals surface area contributed by atoms with E-state index >= 15 is 0 Å². The number of hydrogen-bond acceptors (Lipinski definition) is 6. The molecule has 1 N–H and O–H groups in total. The number of amides is 1. The number of nitrogens with zero attached hydrogens (tertiary/aromatic N) is 1. The maximum absolute atomic E-state index is 12.6. The van der Waals surface area contributed by atoms with Gasteiger partial charge in [0.15, 0.2) is 0 Å². The van der Waals surface area contributed by atoms with E-state index in [1.165, 1.54) is 19.4 Å². The van der Waals surface area contributed by atoms with Gasteiger partial charge in [-0.25, -0.2) is 13.1 Å². The van der Waals surface area contributed by atoms with Gasteiger partial charge in [0.05, 0.1) is 12.0 Å². The molecule has 0 atom stereocenters. The highest BCUT2D eigenvalue weighted by Gasteiger charge is 2.23. The second-order valence-corrected chi connectivity index (χ2v) is 7.17. The minimum atomic E-state index is -4.01. The van der Waals surface area contributed by atoms with Crippen molar-refractivity contribution in [3.8, 4) is 5.75 Å². The van der Waals surface area contributed by atoms with Crippen molar-refractivity contribution in [2.24, 2.45) is 0 Å². The molecule has 0 aliphatic rings. The van der Waals surface area contributed by atoms with Gasteiger partial charge in [-0.05, 0) is 23.6 Å². The van der Waals surface area contributed by atoms with Crippen LogP contribution in [-0.2, 0) is 10.0 Å². The second kappa shape index (κ2) is 5.98. The van der Waals surface area contributed by atoms with E-state index in [-0.39, 0.29) is 9.77 Å². The first-order chi connectivity index (χ1) is 11.0. The van der Waals surface area contributed by atoms with Gasteiger partial charge in [0, 0.05) is 23.2 Å². The van der Waals surface area contributed by atoms with Crippen molar-refractivity contribution in [3.05, 3.63) is 53.0 Å². The molecule has 1 amide bonds. The van der Waals surface area contributed by atoms with Crippen molar-refractivity contribution in [1.82, 2.24) is 9.71 Å². The van der Waals surface area contributed by atoms with E-state index in [1.807, 2.05) is 0 Å². The van der Waals surface area contributed by atoms with Crippen LogP contribution in [0.4, 0.5) is 0 Å². The number of thiophene rings is 1. The number of hydrogen-bond donors (Lipinski definition) is 1. The number of sulfonamides is 1. The number of carbonyl (C=O) groups is 1. The Kier molecular flexibility index (Phi) is 4.01. The van der Waals surface area contributed by atoms with Crippen LogP contribution in [0.25, 0.3) is 10.8 Å². The molecule has 2 heterocycles. The summed E-state index contributed by atoms with van der Waals surface area (Å²) in [4.78, 5) is 16.4. The molecule has 8 heteroatoms. The molecule has 0 spiro atoms. The summed E-state index contributed by atoms with van der Waals surface area (Å²) in [6, 6.07) is 8.01. The smallest absolute Gasteiger partial charge is 0.278 e. The Morgan fingerprint density at radius 3 is 2.87 bits per heavy atom. The van der Waals surface area contributed by atoms with Crippen LogP contribution >= 0.6 is 11.3 Å². The fourth-order valence-electron chi connectivity index (χ4n) is 2.17. The number of aromatic nitrogens is 1. The van der Waals surface area contributed by atoms with Crippen LogP contribution in [0, 0.1) is 0 Å². The second-order valence-electron chi connectivity index (χ2n) is 4.61. The van der Waals surface area contributed by atoms with Crippen molar-refractivity contribution in [2.75, 3.05) is 7.11 Å². The van der Waals surface area contributed by atoms with Gasteiger partial charge in [-0.1, -0.05) is 12.1 Å². The van der Waals surface area contributed by atoms with Crippen molar-refractivity contribution in [2.45, 2.75) is 4.90 Å². The van der Waals surface area contributed by atoms with Gasteiger partial charge in [0.25, 0.3) is 15.9 Å². The van der Waals surface area contributed by atoms with E-state index in [0.29, 0.717) is 16.5 Å². The van der Waals surface area contributed by atoms with E-state index in [9.17, 15) is 13.2 Å². The Morgan fingerprint density at radius 2 is 2.09 bits per heavy atom. The molecule has 118 valence electrons. The van der Waals surface area contributed by atoms with Crippen LogP contribution in [0.15, 0.2) is 53.0 Å². The zero-order valence-electron chi connectivity index (χ0n) is 12.0. The molecule has 0 aliphatic carbocycles. The molecular weight excluding hydrogens is 336 g/mol. The number of rotatable bonds is 4. The molecule has 2 aromatic heterocycles. The predicted molar refractivity (Wildman–Crippen MR) is 87.3 cm³/mol. The Labute approximate surface area is 136 Å². The van der Waals surface area contributed by atoms with Gasteiger partial charge in [-0.3, -0.25) is 9.78 Å². The maximum atomic E-state index is 12.6. The minimum Gasteiger partial charge on any atom is -0.495 e. The maximum Gasteiger partial charge on any atom is 0.278 e. The molecule has 3 aromatic rings. The molecule has 0 bridgehead atoms. The van der Waals surface area contributed by atoms with Crippen LogP contribution in [-0.4, -0.2) is 26.4 Å². The molecule has 1 aromatic carbocycles. The molecule has 0 radical (unpaired) electrons.